The molecule has 7 rings (SSSR count). The van der Waals surface area contributed by atoms with Crippen molar-refractivity contribution >= 4 is 44.6 Å². The average molecular weight is 876 g/mol. The molecule has 4 amide bonds. The molecule has 3 aliphatic heterocycles. The molecule has 3 fully saturated rings. The van der Waals surface area contributed by atoms with Crippen LogP contribution >= 0.6 is 0 Å². The maximum absolute atomic E-state index is 15.1. The Bertz CT molecular complexity index is 2200. The van der Waals surface area contributed by atoms with Crippen molar-refractivity contribution in [1.29, 1.82) is 0 Å². The van der Waals surface area contributed by atoms with Gasteiger partial charge in [0, 0.05) is 30.2 Å². The van der Waals surface area contributed by atoms with Crippen LogP contribution in [0.3, 0.4) is 0 Å². The summed E-state index contributed by atoms with van der Waals surface area (Å²) in [6.45, 7) is 5.70. The number of allylic oxidation sites excluding steroid dienone is 1. The van der Waals surface area contributed by atoms with E-state index in [4.69, 9.17) is 19.2 Å². The van der Waals surface area contributed by atoms with E-state index < -0.39 is 92.3 Å². The Kier molecular flexibility index (Phi) is 12.1. The molecule has 18 heteroatoms. The van der Waals surface area contributed by atoms with Crippen molar-refractivity contribution in [1.82, 2.24) is 25.2 Å². The number of hydrogen-bond acceptors (Lipinski definition) is 10. The Morgan fingerprint density at radius 2 is 1.84 bits per heavy atom. The third-order valence-corrected chi connectivity index (χ3v) is 15.4. The zero-order valence-electron chi connectivity index (χ0n) is 35.2. The molecule has 2 aromatic rings. The van der Waals surface area contributed by atoms with Gasteiger partial charge in [0.2, 0.25) is 33.6 Å². The van der Waals surface area contributed by atoms with Gasteiger partial charge in [-0.05, 0) is 88.5 Å². The standard InChI is InChI=1S/C43H56F3N5O9S/c1-6-26-20-25(2)12-7-8-13-27-22-43(27,38(54)50-61(56,57)42(24-44)17-18-42)49-34(52)32-21-28(23-51(32)37(53)33(26)47-39(55)60-40(3,4)41(5,45)46)59-36-31-15-10-9-14-29(31)30-16-11-19-58-35(30)48-36/h8-10,13-15,25-28,32-33H,6-7,11-12,16-24H2,1-5H3,(H,47,55)(H,49,52)(H,50,54)/b13-8-/t25-,26+,27+,28+,32-,33-,43+/m0/s1. The van der Waals surface area contributed by atoms with E-state index in [1.807, 2.05) is 44.2 Å². The number of rotatable bonds is 10. The van der Waals surface area contributed by atoms with Crippen LogP contribution in [0.15, 0.2) is 36.4 Å². The van der Waals surface area contributed by atoms with Gasteiger partial charge in [-0.2, -0.15) is 4.98 Å². The highest BCUT2D eigenvalue weighted by Crippen LogP contribution is 2.48. The van der Waals surface area contributed by atoms with Crippen LogP contribution in [0.4, 0.5) is 18.0 Å². The number of amides is 4. The number of fused-ring (bicyclic) bond motifs is 5. The van der Waals surface area contributed by atoms with Crippen molar-refractivity contribution in [2.75, 3.05) is 19.8 Å². The molecule has 4 heterocycles. The first-order valence-corrected chi connectivity index (χ1v) is 22.7. The van der Waals surface area contributed by atoms with Crippen LogP contribution < -0.4 is 24.8 Å². The number of carbonyl (C=O) groups is 4. The van der Waals surface area contributed by atoms with Crippen molar-refractivity contribution < 1.29 is 55.0 Å². The topological polar surface area (TPSA) is 182 Å². The van der Waals surface area contributed by atoms with Crippen LogP contribution in [-0.4, -0.2) is 102 Å². The predicted molar refractivity (Wildman–Crippen MR) is 218 cm³/mol. The molecule has 334 valence electrons. The van der Waals surface area contributed by atoms with E-state index in [1.54, 1.807) is 6.08 Å². The molecule has 0 radical (unpaired) electrons. The average Bonchev–Trinajstić information content (AvgIpc) is 4.11. The molecule has 0 bridgehead atoms. The molecule has 1 aromatic heterocycles. The monoisotopic (exact) mass is 875 g/mol. The van der Waals surface area contributed by atoms with Gasteiger partial charge in [0.25, 0.3) is 11.8 Å². The van der Waals surface area contributed by atoms with Crippen molar-refractivity contribution in [3.8, 4) is 11.8 Å². The number of hydrogen-bond donors (Lipinski definition) is 3. The number of halogens is 3. The highest BCUT2D eigenvalue weighted by Gasteiger charge is 2.64. The molecule has 0 spiro atoms. The van der Waals surface area contributed by atoms with Crippen LogP contribution in [0, 0.1) is 17.8 Å². The summed E-state index contributed by atoms with van der Waals surface area (Å²) in [4.78, 5) is 63.2. The zero-order valence-corrected chi connectivity index (χ0v) is 36.0. The molecule has 1 aromatic carbocycles. The van der Waals surface area contributed by atoms with Gasteiger partial charge in [0.15, 0.2) is 5.60 Å². The van der Waals surface area contributed by atoms with E-state index in [0.29, 0.717) is 50.5 Å². The first kappa shape index (κ1) is 44.4. The second-order valence-electron chi connectivity index (χ2n) is 18.1. The van der Waals surface area contributed by atoms with Crippen LogP contribution in [0.2, 0.25) is 0 Å². The SMILES string of the molecule is CC[C@@H]1C[C@@H](C)CC/C=C\[C@@H]2C[C@@]2(C(=O)NS(=O)(=O)C2(CF)CC2)NC(=O)[C@@H]2C[C@@H](Oc3nc4c(c5ccccc35)CCCO4)CN2C(=O)[C@H]1NC(=O)OC(C)(C)C(C)(F)F. The lowest BCUT2D eigenvalue weighted by molar-refractivity contribution is -0.152. The minimum Gasteiger partial charge on any atom is -0.477 e. The molecule has 5 aliphatic rings. The van der Waals surface area contributed by atoms with Gasteiger partial charge in [0.05, 0.1) is 13.2 Å². The lowest BCUT2D eigenvalue weighted by Crippen LogP contribution is -2.60. The van der Waals surface area contributed by atoms with Crippen LogP contribution in [0.25, 0.3) is 10.8 Å². The fourth-order valence-electron chi connectivity index (χ4n) is 8.74. The number of aromatic nitrogens is 1. The molecule has 2 aliphatic carbocycles. The molecule has 14 nitrogen and oxygen atoms in total. The van der Waals surface area contributed by atoms with E-state index >= 15 is 4.79 Å². The third-order valence-electron chi connectivity index (χ3n) is 13.3. The Morgan fingerprint density at radius 3 is 2.51 bits per heavy atom. The minimum atomic E-state index is -4.44. The van der Waals surface area contributed by atoms with Crippen LogP contribution in [0.5, 0.6) is 11.8 Å². The van der Waals surface area contributed by atoms with Gasteiger partial charge >= 0.3 is 6.09 Å². The fraction of sp³-hybridized carbons (Fsp3) is 0.651. The Labute approximate surface area is 354 Å². The number of nitrogens with zero attached hydrogens (tertiary/aromatic N) is 2. The van der Waals surface area contributed by atoms with E-state index in [1.165, 1.54) is 4.90 Å². The molecular formula is C43H56F3N5O9S. The molecule has 0 unspecified atom stereocenters. The van der Waals surface area contributed by atoms with Crippen molar-refractivity contribution in [3.63, 3.8) is 0 Å². The molecule has 3 N–H and O–H groups in total. The summed E-state index contributed by atoms with van der Waals surface area (Å²) in [5.74, 6) is -6.43. The molecule has 1 saturated heterocycles. The van der Waals surface area contributed by atoms with Crippen molar-refractivity contribution in [3.05, 3.63) is 42.0 Å². The maximum Gasteiger partial charge on any atom is 0.408 e. The van der Waals surface area contributed by atoms with Gasteiger partial charge < -0.3 is 29.7 Å². The largest absolute Gasteiger partial charge is 0.477 e. The number of aryl methyl sites for hydroxylation is 1. The second kappa shape index (κ2) is 16.6. The fourth-order valence-corrected chi connectivity index (χ4v) is 10.2. The highest BCUT2D eigenvalue weighted by molar-refractivity contribution is 7.91. The van der Waals surface area contributed by atoms with E-state index in [2.05, 4.69) is 15.4 Å². The number of sulfonamides is 1. The number of alkyl carbamates (subject to hydrolysis) is 1. The molecule has 2 saturated carbocycles. The summed E-state index contributed by atoms with van der Waals surface area (Å²) in [6, 6.07) is 4.86. The van der Waals surface area contributed by atoms with Gasteiger partial charge in [-0.25, -0.2) is 26.4 Å². The van der Waals surface area contributed by atoms with Crippen molar-refractivity contribution in [2.24, 2.45) is 17.8 Å². The molecular weight excluding hydrogens is 820 g/mol. The summed E-state index contributed by atoms with van der Waals surface area (Å²) in [6.07, 6.45) is 5.13. The summed E-state index contributed by atoms with van der Waals surface area (Å²) in [7, 11) is -4.44. The summed E-state index contributed by atoms with van der Waals surface area (Å²) in [5, 5.41) is 6.95. The molecule has 7 atom stereocenters. The van der Waals surface area contributed by atoms with Gasteiger partial charge in [-0.1, -0.05) is 50.6 Å². The smallest absolute Gasteiger partial charge is 0.408 e. The van der Waals surface area contributed by atoms with Gasteiger partial charge in [-0.3, -0.25) is 19.1 Å². The van der Waals surface area contributed by atoms with Gasteiger partial charge in [0.1, 0.15) is 35.1 Å². The van der Waals surface area contributed by atoms with Gasteiger partial charge in [-0.15, -0.1) is 0 Å². The number of nitrogens with one attached hydrogen (secondary N) is 3. The Hall–Kier alpha value is -4.61. The lowest BCUT2D eigenvalue weighted by Gasteiger charge is -2.35. The third kappa shape index (κ3) is 8.74. The normalized spacial score (nSPS) is 29.6. The van der Waals surface area contributed by atoms with Crippen LogP contribution in [-0.2, 0) is 35.6 Å². The Morgan fingerprint density at radius 1 is 1.11 bits per heavy atom. The molecule has 61 heavy (non-hydrogen) atoms. The Balaban J connectivity index is 1.25. The quantitative estimate of drug-likeness (QED) is 0.252. The van der Waals surface area contributed by atoms with Crippen molar-refractivity contribution in [2.45, 2.75) is 139 Å². The first-order chi connectivity index (χ1) is 28.7. The lowest BCUT2D eigenvalue weighted by atomic mass is 9.85. The van der Waals surface area contributed by atoms with E-state index in [9.17, 15) is 36.0 Å². The highest BCUT2D eigenvalue weighted by atomic mass is 32.2. The summed E-state index contributed by atoms with van der Waals surface area (Å²) in [5.41, 5.74) is -3.04. The predicted octanol–water partition coefficient (Wildman–Crippen LogP) is 5.66. The number of benzene rings is 1. The van der Waals surface area contributed by atoms with E-state index in [0.717, 1.165) is 37.6 Å². The number of pyridine rings is 1. The number of ether oxygens (including phenoxy) is 3. The summed E-state index contributed by atoms with van der Waals surface area (Å²) >= 11 is 0. The number of alkyl halides is 3. The van der Waals surface area contributed by atoms with E-state index in [-0.39, 0.29) is 44.0 Å². The summed E-state index contributed by atoms with van der Waals surface area (Å²) < 4.78 is 87.5. The minimum absolute atomic E-state index is 0.00658. The second-order valence-corrected chi connectivity index (χ2v) is 20.2. The zero-order chi connectivity index (χ0) is 44.1. The van der Waals surface area contributed by atoms with Crippen LogP contribution in [0.1, 0.15) is 98.0 Å². The number of carbonyl (C=O) groups excluding carboxylic acids is 4. The maximum atomic E-state index is 15.1. The first-order valence-electron chi connectivity index (χ1n) is 21.2.